The van der Waals surface area contributed by atoms with Gasteiger partial charge in [-0.05, 0) is 6.42 Å². The van der Waals surface area contributed by atoms with Crippen LogP contribution in [0.15, 0.2) is 20.6 Å². The largest absolute Gasteiger partial charge is 0.301 e. The molecule has 17 heavy (non-hydrogen) atoms. The smallest absolute Gasteiger partial charge is 0.206 e. The van der Waals surface area contributed by atoms with Crippen LogP contribution in [0.1, 0.15) is 19.8 Å². The van der Waals surface area contributed by atoms with Crippen molar-refractivity contribution in [3.8, 4) is 0 Å². The van der Waals surface area contributed by atoms with Crippen LogP contribution >= 0.6 is 34.9 Å². The molecule has 0 N–H and O–H groups in total. The summed E-state index contributed by atoms with van der Waals surface area (Å²) in [5, 5.41) is 7.84. The summed E-state index contributed by atoms with van der Waals surface area (Å²) in [6.45, 7) is 2.07. The zero-order valence-corrected chi connectivity index (χ0v) is 11.5. The number of hydrogen-bond donors (Lipinski definition) is 0. The Morgan fingerprint density at radius 1 is 1.12 bits per heavy atom. The van der Waals surface area contributed by atoms with Gasteiger partial charge in [-0.1, -0.05) is 41.8 Å². The van der Waals surface area contributed by atoms with Gasteiger partial charge in [0.25, 0.3) is 0 Å². The third-order valence-electron chi connectivity index (χ3n) is 1.57. The first-order valence-corrected chi connectivity index (χ1v) is 7.71. The fourth-order valence-electron chi connectivity index (χ4n) is 0.826. The number of aromatic nitrogens is 2. The molecule has 0 aromatic carbocycles. The monoisotopic (exact) mass is 300 g/mol. The summed E-state index contributed by atoms with van der Waals surface area (Å²) in [6.07, 6.45) is -1.45. The number of thioether (sulfide) groups is 2. The predicted octanol–water partition coefficient (Wildman–Crippen LogP) is 4.60. The van der Waals surface area contributed by atoms with Crippen LogP contribution in [-0.2, 0) is 0 Å². The van der Waals surface area contributed by atoms with E-state index in [2.05, 4.69) is 17.1 Å². The molecule has 8 heteroatoms. The summed E-state index contributed by atoms with van der Waals surface area (Å²) in [5.74, 6) is -0.123. The first kappa shape index (κ1) is 14.8. The van der Waals surface area contributed by atoms with E-state index in [9.17, 15) is 13.2 Å². The molecule has 0 atom stereocenters. The van der Waals surface area contributed by atoms with E-state index in [-0.39, 0.29) is 12.2 Å². The fraction of sp³-hybridized carbons (Fsp3) is 0.556. The van der Waals surface area contributed by atoms with Crippen molar-refractivity contribution in [2.45, 2.75) is 28.4 Å². The van der Waals surface area contributed by atoms with Crippen LogP contribution in [0.4, 0.5) is 13.2 Å². The molecule has 1 heterocycles. The molecule has 0 unspecified atom stereocenters. The van der Waals surface area contributed by atoms with E-state index < -0.39 is 11.9 Å². The molecule has 0 aliphatic rings. The van der Waals surface area contributed by atoms with Crippen molar-refractivity contribution in [2.24, 2.45) is 0 Å². The Morgan fingerprint density at radius 3 is 2.24 bits per heavy atom. The van der Waals surface area contributed by atoms with Crippen LogP contribution in [0.2, 0.25) is 0 Å². The van der Waals surface area contributed by atoms with E-state index in [1.807, 2.05) is 0 Å². The molecule has 1 aromatic heterocycles. The summed E-state index contributed by atoms with van der Waals surface area (Å²) in [7, 11) is 0. The fourth-order valence-corrected chi connectivity index (χ4v) is 3.77. The molecule has 0 bridgehead atoms. The van der Waals surface area contributed by atoms with Gasteiger partial charge >= 0.3 is 6.08 Å². The van der Waals surface area contributed by atoms with Crippen molar-refractivity contribution in [3.63, 3.8) is 0 Å². The Bertz CT molecular complexity index is 377. The molecule has 2 nitrogen and oxygen atoms in total. The Kier molecular flexibility index (Phi) is 6.98. The molecule has 0 radical (unpaired) electrons. The average molecular weight is 300 g/mol. The zero-order chi connectivity index (χ0) is 12.7. The minimum atomic E-state index is -2.23. The number of allylic oxidation sites excluding steroid dienone is 1. The summed E-state index contributed by atoms with van der Waals surface area (Å²) < 4.78 is 37.6. The molecule has 0 aliphatic carbocycles. The molecule has 0 spiro atoms. The van der Waals surface area contributed by atoms with E-state index in [0.717, 1.165) is 16.5 Å². The van der Waals surface area contributed by atoms with Crippen molar-refractivity contribution in [1.82, 2.24) is 10.2 Å². The Hall–Kier alpha value is -0.210. The maximum atomic E-state index is 12.5. The van der Waals surface area contributed by atoms with E-state index in [1.54, 1.807) is 11.8 Å². The normalized spacial score (nSPS) is 10.6. The van der Waals surface area contributed by atoms with Gasteiger partial charge in [0.15, 0.2) is 14.5 Å². The first-order valence-electron chi connectivity index (χ1n) is 4.92. The van der Waals surface area contributed by atoms with Crippen molar-refractivity contribution in [1.29, 1.82) is 0 Å². The summed E-state index contributed by atoms with van der Waals surface area (Å²) in [5.41, 5.74) is 0. The standard InChI is InChI=1S/C9H11F3N2S3/c1-2-4-15-8-13-14-9(17-8)16-5-3-6(10)7(11)12/h2-5H2,1H3. The van der Waals surface area contributed by atoms with E-state index in [1.165, 1.54) is 23.1 Å². The number of halogens is 3. The maximum absolute atomic E-state index is 12.5. The van der Waals surface area contributed by atoms with E-state index in [4.69, 9.17) is 0 Å². The highest BCUT2D eigenvalue weighted by atomic mass is 32.2. The highest BCUT2D eigenvalue weighted by Crippen LogP contribution is 2.30. The summed E-state index contributed by atoms with van der Waals surface area (Å²) in [6, 6.07) is 0. The molecule has 0 fully saturated rings. The summed E-state index contributed by atoms with van der Waals surface area (Å²) >= 11 is 4.27. The molecule has 1 rings (SSSR count). The second kappa shape index (κ2) is 7.99. The minimum absolute atomic E-state index is 0.246. The molecular weight excluding hydrogens is 289 g/mol. The van der Waals surface area contributed by atoms with Gasteiger partial charge in [-0.3, -0.25) is 0 Å². The third kappa shape index (κ3) is 5.78. The van der Waals surface area contributed by atoms with Crippen LogP contribution < -0.4 is 0 Å². The molecule has 0 aliphatic heterocycles. The van der Waals surface area contributed by atoms with Crippen molar-refractivity contribution < 1.29 is 13.2 Å². The van der Waals surface area contributed by atoms with Crippen LogP contribution in [0.25, 0.3) is 0 Å². The zero-order valence-electron chi connectivity index (χ0n) is 9.08. The Balaban J connectivity index is 2.32. The Morgan fingerprint density at radius 2 is 1.71 bits per heavy atom. The lowest BCUT2D eigenvalue weighted by Gasteiger charge is -1.94. The van der Waals surface area contributed by atoms with Gasteiger partial charge in [0, 0.05) is 17.9 Å². The molecule has 0 saturated heterocycles. The van der Waals surface area contributed by atoms with E-state index >= 15 is 0 Å². The quantitative estimate of drug-likeness (QED) is 0.687. The van der Waals surface area contributed by atoms with Gasteiger partial charge in [-0.25, -0.2) is 4.39 Å². The highest BCUT2D eigenvalue weighted by Gasteiger charge is 2.08. The third-order valence-corrected chi connectivity index (χ3v) is 4.97. The topological polar surface area (TPSA) is 25.8 Å². The van der Waals surface area contributed by atoms with E-state index in [0.29, 0.717) is 4.34 Å². The number of nitrogens with zero attached hydrogens (tertiary/aromatic N) is 2. The summed E-state index contributed by atoms with van der Waals surface area (Å²) in [4.78, 5) is 0. The van der Waals surface area contributed by atoms with Gasteiger partial charge in [-0.15, -0.1) is 10.2 Å². The van der Waals surface area contributed by atoms with Crippen molar-refractivity contribution in [2.75, 3.05) is 11.5 Å². The van der Waals surface area contributed by atoms with Gasteiger partial charge in [0.1, 0.15) is 0 Å². The van der Waals surface area contributed by atoms with Gasteiger partial charge in [0.2, 0.25) is 0 Å². The van der Waals surface area contributed by atoms with Crippen molar-refractivity contribution in [3.05, 3.63) is 11.9 Å². The molecule has 0 amide bonds. The van der Waals surface area contributed by atoms with Crippen molar-refractivity contribution >= 4 is 34.9 Å². The lowest BCUT2D eigenvalue weighted by atomic mass is 10.4. The van der Waals surface area contributed by atoms with Crippen LogP contribution in [0.3, 0.4) is 0 Å². The van der Waals surface area contributed by atoms with Gasteiger partial charge < -0.3 is 0 Å². The number of rotatable bonds is 7. The second-order valence-corrected chi connectivity index (χ2v) is 6.61. The number of hydrogen-bond acceptors (Lipinski definition) is 5. The van der Waals surface area contributed by atoms with Gasteiger partial charge in [-0.2, -0.15) is 8.78 Å². The minimum Gasteiger partial charge on any atom is -0.206 e. The lowest BCUT2D eigenvalue weighted by Crippen LogP contribution is -1.82. The van der Waals surface area contributed by atoms with Crippen LogP contribution in [-0.4, -0.2) is 21.7 Å². The molecule has 96 valence electrons. The highest BCUT2D eigenvalue weighted by molar-refractivity contribution is 8.03. The predicted molar refractivity (Wildman–Crippen MR) is 66.6 cm³/mol. The Labute approximate surface area is 110 Å². The lowest BCUT2D eigenvalue weighted by molar-refractivity contribution is 0.373. The van der Waals surface area contributed by atoms with Gasteiger partial charge in [0.05, 0.1) is 0 Å². The maximum Gasteiger partial charge on any atom is 0.301 e. The van der Waals surface area contributed by atoms with Crippen LogP contribution in [0.5, 0.6) is 0 Å². The van der Waals surface area contributed by atoms with Crippen LogP contribution in [0, 0.1) is 0 Å². The second-order valence-electron chi connectivity index (χ2n) is 2.95. The molecule has 1 aromatic rings. The molecule has 0 saturated carbocycles. The SMILES string of the molecule is CCCSc1nnc(SCCC(F)=C(F)F)s1. The molecular formula is C9H11F3N2S3. The first-order chi connectivity index (χ1) is 8.13. The average Bonchev–Trinajstić information content (AvgIpc) is 2.74.